The summed E-state index contributed by atoms with van der Waals surface area (Å²) < 4.78 is 6.53. The maximum absolute atomic E-state index is 12.2. The van der Waals surface area contributed by atoms with Crippen LogP contribution in [0.3, 0.4) is 0 Å². The summed E-state index contributed by atoms with van der Waals surface area (Å²) in [5.41, 5.74) is 0.542. The number of thioether (sulfide) groups is 1. The first-order valence-corrected chi connectivity index (χ1v) is 8.43. The van der Waals surface area contributed by atoms with E-state index in [0.29, 0.717) is 11.0 Å². The summed E-state index contributed by atoms with van der Waals surface area (Å²) in [4.78, 5) is 12.2. The molecule has 1 atom stereocenters. The van der Waals surface area contributed by atoms with E-state index >= 15 is 0 Å². The molecule has 0 fully saturated rings. The topological polar surface area (TPSA) is 95.1 Å². The zero-order valence-electron chi connectivity index (χ0n) is 14.5. The van der Waals surface area contributed by atoms with Crippen molar-refractivity contribution in [1.82, 2.24) is 20.2 Å². The monoisotopic (exact) mass is 349 g/mol. The van der Waals surface area contributed by atoms with Crippen molar-refractivity contribution in [3.8, 4) is 17.1 Å². The Balaban J connectivity index is 2.13. The van der Waals surface area contributed by atoms with Crippen LogP contribution < -0.4 is 15.9 Å². The van der Waals surface area contributed by atoms with Gasteiger partial charge >= 0.3 is 0 Å². The van der Waals surface area contributed by atoms with Crippen LogP contribution in [0.4, 0.5) is 0 Å². The van der Waals surface area contributed by atoms with Crippen LogP contribution in [0.1, 0.15) is 27.7 Å². The zero-order valence-corrected chi connectivity index (χ0v) is 15.3. The standard InChI is InChI=1S/C16H23N5O2S/c1-10(14(22)18-16(2,3)4)24-15-20-19-13(21(15)17)11-6-8-12(23-5)9-7-11/h6-10H,17H2,1-5H3,(H,18,22)/t10-/m1/s1. The Bertz CT molecular complexity index is 706. The number of aromatic nitrogens is 3. The number of nitrogens with one attached hydrogen (secondary N) is 1. The molecule has 2 aromatic rings. The summed E-state index contributed by atoms with van der Waals surface area (Å²) in [6, 6.07) is 7.37. The Morgan fingerprint density at radius 3 is 2.46 bits per heavy atom. The largest absolute Gasteiger partial charge is 0.497 e. The second-order valence-electron chi connectivity index (χ2n) is 6.40. The summed E-state index contributed by atoms with van der Waals surface area (Å²) in [5.74, 6) is 7.31. The van der Waals surface area contributed by atoms with E-state index < -0.39 is 0 Å². The number of carbonyl (C=O) groups excluding carboxylic acids is 1. The molecule has 1 aromatic carbocycles. The minimum Gasteiger partial charge on any atom is -0.497 e. The summed E-state index contributed by atoms with van der Waals surface area (Å²) >= 11 is 1.27. The van der Waals surface area contributed by atoms with Gasteiger partial charge in [0, 0.05) is 11.1 Å². The Morgan fingerprint density at radius 1 is 1.29 bits per heavy atom. The molecular formula is C16H23N5O2S. The van der Waals surface area contributed by atoms with Gasteiger partial charge in [-0.3, -0.25) is 4.79 Å². The van der Waals surface area contributed by atoms with Gasteiger partial charge in [0.2, 0.25) is 11.1 Å². The van der Waals surface area contributed by atoms with E-state index in [0.717, 1.165) is 11.3 Å². The molecule has 0 radical (unpaired) electrons. The fourth-order valence-electron chi connectivity index (χ4n) is 1.98. The summed E-state index contributed by atoms with van der Waals surface area (Å²) in [5, 5.41) is 11.3. The van der Waals surface area contributed by atoms with Crippen LogP contribution >= 0.6 is 11.8 Å². The van der Waals surface area contributed by atoms with E-state index in [1.807, 2.05) is 52.0 Å². The minimum atomic E-state index is -0.334. The molecule has 1 amide bonds. The average molecular weight is 349 g/mol. The van der Waals surface area contributed by atoms with Crippen LogP contribution in [0.5, 0.6) is 5.75 Å². The number of benzene rings is 1. The van der Waals surface area contributed by atoms with Crippen molar-refractivity contribution < 1.29 is 9.53 Å². The molecule has 3 N–H and O–H groups in total. The molecule has 8 heteroatoms. The van der Waals surface area contributed by atoms with Crippen molar-refractivity contribution in [2.24, 2.45) is 0 Å². The van der Waals surface area contributed by atoms with Crippen molar-refractivity contribution in [2.75, 3.05) is 13.0 Å². The lowest BCUT2D eigenvalue weighted by molar-refractivity contribution is -0.121. The van der Waals surface area contributed by atoms with Gasteiger partial charge in [0.1, 0.15) is 5.75 Å². The highest BCUT2D eigenvalue weighted by atomic mass is 32.2. The summed E-state index contributed by atoms with van der Waals surface area (Å²) in [7, 11) is 1.61. The molecular weight excluding hydrogens is 326 g/mol. The highest BCUT2D eigenvalue weighted by Gasteiger charge is 2.23. The molecule has 24 heavy (non-hydrogen) atoms. The Morgan fingerprint density at radius 2 is 1.92 bits per heavy atom. The lowest BCUT2D eigenvalue weighted by Gasteiger charge is -2.22. The molecule has 1 aromatic heterocycles. The van der Waals surface area contributed by atoms with E-state index in [1.54, 1.807) is 7.11 Å². The molecule has 0 spiro atoms. The van der Waals surface area contributed by atoms with Crippen molar-refractivity contribution in [3.05, 3.63) is 24.3 Å². The van der Waals surface area contributed by atoms with Crippen LogP contribution in [-0.4, -0.2) is 38.7 Å². The number of ether oxygens (including phenoxy) is 1. The number of amides is 1. The summed E-state index contributed by atoms with van der Waals surface area (Å²) in [6.45, 7) is 7.63. The van der Waals surface area contributed by atoms with Gasteiger partial charge in [-0.15, -0.1) is 10.2 Å². The van der Waals surface area contributed by atoms with Crippen LogP contribution in [-0.2, 0) is 4.79 Å². The first-order valence-electron chi connectivity index (χ1n) is 7.55. The molecule has 2 rings (SSSR count). The van der Waals surface area contributed by atoms with Crippen LogP contribution in [0.15, 0.2) is 29.4 Å². The fourth-order valence-corrected chi connectivity index (χ4v) is 2.75. The second-order valence-corrected chi connectivity index (χ2v) is 7.71. The highest BCUT2D eigenvalue weighted by molar-refractivity contribution is 8.00. The minimum absolute atomic E-state index is 0.0681. The third-order valence-corrected chi connectivity index (χ3v) is 4.22. The number of hydrogen-bond acceptors (Lipinski definition) is 6. The molecule has 1 heterocycles. The smallest absolute Gasteiger partial charge is 0.233 e. The molecule has 0 aliphatic carbocycles. The van der Waals surface area contributed by atoms with E-state index in [4.69, 9.17) is 10.6 Å². The SMILES string of the molecule is COc1ccc(-c2nnc(S[C@H](C)C(=O)NC(C)(C)C)n2N)cc1. The normalized spacial score (nSPS) is 12.7. The lowest BCUT2D eigenvalue weighted by Crippen LogP contribution is -2.44. The van der Waals surface area contributed by atoms with Gasteiger partial charge in [-0.1, -0.05) is 11.8 Å². The Labute approximate surface area is 145 Å². The maximum atomic E-state index is 12.2. The van der Waals surface area contributed by atoms with Crippen molar-refractivity contribution in [2.45, 2.75) is 43.6 Å². The van der Waals surface area contributed by atoms with Gasteiger partial charge in [-0.2, -0.15) is 0 Å². The third-order valence-electron chi connectivity index (χ3n) is 3.16. The third kappa shape index (κ3) is 4.41. The van der Waals surface area contributed by atoms with Gasteiger partial charge in [0.15, 0.2) is 5.82 Å². The maximum Gasteiger partial charge on any atom is 0.233 e. The second kappa shape index (κ2) is 7.12. The summed E-state index contributed by atoms with van der Waals surface area (Å²) in [6.07, 6.45) is 0. The van der Waals surface area contributed by atoms with Gasteiger partial charge in [-0.05, 0) is 52.0 Å². The molecule has 0 unspecified atom stereocenters. The van der Waals surface area contributed by atoms with Gasteiger partial charge < -0.3 is 15.9 Å². The van der Waals surface area contributed by atoms with Crippen molar-refractivity contribution >= 4 is 17.7 Å². The number of nitrogen functional groups attached to an aromatic ring is 1. The Hall–Kier alpha value is -2.22. The number of rotatable bonds is 5. The first kappa shape index (κ1) is 18.1. The average Bonchev–Trinajstić information content (AvgIpc) is 2.87. The van der Waals surface area contributed by atoms with Crippen LogP contribution in [0, 0.1) is 0 Å². The molecule has 0 bridgehead atoms. The van der Waals surface area contributed by atoms with Gasteiger partial charge in [0.25, 0.3) is 0 Å². The predicted molar refractivity (Wildman–Crippen MR) is 95.4 cm³/mol. The molecule has 130 valence electrons. The quantitative estimate of drug-likeness (QED) is 0.634. The van der Waals surface area contributed by atoms with Crippen LogP contribution in [0.25, 0.3) is 11.4 Å². The highest BCUT2D eigenvalue weighted by Crippen LogP contribution is 2.26. The van der Waals surface area contributed by atoms with Crippen molar-refractivity contribution in [3.63, 3.8) is 0 Å². The zero-order chi connectivity index (χ0) is 17.9. The van der Waals surface area contributed by atoms with E-state index in [-0.39, 0.29) is 16.7 Å². The number of carbonyl (C=O) groups is 1. The predicted octanol–water partition coefficient (Wildman–Crippen LogP) is 2.06. The van der Waals surface area contributed by atoms with E-state index in [2.05, 4.69) is 15.5 Å². The van der Waals surface area contributed by atoms with Gasteiger partial charge in [-0.25, -0.2) is 4.68 Å². The number of methoxy groups -OCH3 is 1. The molecule has 0 saturated carbocycles. The van der Waals surface area contributed by atoms with Crippen LogP contribution in [0.2, 0.25) is 0 Å². The molecule has 0 aliphatic heterocycles. The van der Waals surface area contributed by atoms with Gasteiger partial charge in [0.05, 0.1) is 12.4 Å². The molecule has 0 aliphatic rings. The molecule has 0 saturated heterocycles. The van der Waals surface area contributed by atoms with E-state index in [1.165, 1.54) is 16.4 Å². The lowest BCUT2D eigenvalue weighted by atomic mass is 10.1. The number of nitrogens with zero attached hydrogens (tertiary/aromatic N) is 3. The van der Waals surface area contributed by atoms with Crippen molar-refractivity contribution in [1.29, 1.82) is 0 Å². The number of hydrogen-bond donors (Lipinski definition) is 2. The Kier molecular flexibility index (Phi) is 5.38. The first-order chi connectivity index (χ1) is 11.2. The number of nitrogens with two attached hydrogens (primary N) is 1. The molecule has 7 nitrogen and oxygen atoms in total. The fraction of sp³-hybridized carbons (Fsp3) is 0.438. The van der Waals surface area contributed by atoms with E-state index in [9.17, 15) is 4.79 Å².